The molecular formula is C23H26BN7O2. The van der Waals surface area contributed by atoms with Crippen LogP contribution in [0.4, 0.5) is 16.3 Å². The van der Waals surface area contributed by atoms with Gasteiger partial charge in [-0.15, -0.1) is 0 Å². The number of aromatic amines is 1. The van der Waals surface area contributed by atoms with Crippen molar-refractivity contribution in [1.29, 1.82) is 0 Å². The van der Waals surface area contributed by atoms with Crippen LogP contribution in [0.1, 0.15) is 6.92 Å². The zero-order valence-corrected chi connectivity index (χ0v) is 18.8. The molecule has 0 aliphatic carbocycles. The van der Waals surface area contributed by atoms with Crippen molar-refractivity contribution < 1.29 is 9.53 Å². The Morgan fingerprint density at radius 1 is 1.21 bits per heavy atom. The molecule has 3 aromatic rings. The van der Waals surface area contributed by atoms with Crippen LogP contribution < -0.4 is 15.5 Å². The number of rotatable bonds is 6. The van der Waals surface area contributed by atoms with E-state index in [0.717, 1.165) is 41.2 Å². The molecule has 1 aliphatic heterocycles. The number of fused-ring (bicyclic) bond motifs is 1. The minimum absolute atomic E-state index is 0.315. The summed E-state index contributed by atoms with van der Waals surface area (Å²) in [5.74, 6) is 1.40. The van der Waals surface area contributed by atoms with Gasteiger partial charge in [-0.2, -0.15) is 0 Å². The molecule has 3 N–H and O–H groups in total. The summed E-state index contributed by atoms with van der Waals surface area (Å²) in [7, 11) is 1.94. The number of carbonyl (C=O) groups excluding carboxylic acids is 1. The SMILES string of the molecule is B/C(C=C)=C/C=C(\C)NC(=O)Nc1ccc(-c2nc(N3CCOCC3)c3[nH]cnc3n2)cc1. The molecular weight excluding hydrogens is 417 g/mol. The third-order valence-corrected chi connectivity index (χ3v) is 5.21. The molecule has 33 heavy (non-hydrogen) atoms. The number of anilines is 2. The number of benzene rings is 1. The fourth-order valence-corrected chi connectivity index (χ4v) is 3.36. The zero-order valence-electron chi connectivity index (χ0n) is 18.8. The highest BCUT2D eigenvalue weighted by Crippen LogP contribution is 2.26. The molecule has 1 aliphatic rings. The molecule has 3 heterocycles. The van der Waals surface area contributed by atoms with Gasteiger partial charge < -0.3 is 25.3 Å². The summed E-state index contributed by atoms with van der Waals surface area (Å²) in [5.41, 5.74) is 4.67. The number of morpholine rings is 1. The number of amides is 2. The van der Waals surface area contributed by atoms with Crippen molar-refractivity contribution in [2.24, 2.45) is 0 Å². The molecule has 9 nitrogen and oxygen atoms in total. The lowest BCUT2D eigenvalue weighted by atomic mass is 9.95. The van der Waals surface area contributed by atoms with Gasteiger partial charge in [0.05, 0.1) is 19.5 Å². The smallest absolute Gasteiger partial charge is 0.323 e. The average molecular weight is 443 g/mol. The van der Waals surface area contributed by atoms with E-state index in [-0.39, 0.29) is 6.03 Å². The quantitative estimate of drug-likeness (QED) is 0.399. The highest BCUT2D eigenvalue weighted by molar-refractivity contribution is 6.23. The summed E-state index contributed by atoms with van der Waals surface area (Å²) in [5, 5.41) is 5.62. The number of aromatic nitrogens is 4. The first-order valence-electron chi connectivity index (χ1n) is 10.7. The van der Waals surface area contributed by atoms with Crippen molar-refractivity contribution in [3.05, 3.63) is 66.6 Å². The maximum Gasteiger partial charge on any atom is 0.323 e. The van der Waals surface area contributed by atoms with Crippen molar-refractivity contribution >= 4 is 36.5 Å². The Hall–Kier alpha value is -3.92. The van der Waals surface area contributed by atoms with Gasteiger partial charge in [-0.25, -0.2) is 19.7 Å². The standard InChI is InChI=1S/C23H26BN7O2/c1-3-17(24)7-4-15(2)27-23(32)28-18-8-5-16(6-9-18)20-29-21-19(25-14-26-21)22(30-20)31-10-12-33-13-11-31/h3-9,14H,1,10-13,24H2,2H3,(H2,27,28,32)(H,25,26,29,30)/b15-4+,17-7+. The maximum atomic E-state index is 12.3. The molecule has 2 amide bonds. The molecule has 0 atom stereocenters. The van der Waals surface area contributed by atoms with Gasteiger partial charge in [0.25, 0.3) is 0 Å². The van der Waals surface area contributed by atoms with Gasteiger partial charge in [0, 0.05) is 30.0 Å². The van der Waals surface area contributed by atoms with E-state index in [2.05, 4.69) is 37.1 Å². The van der Waals surface area contributed by atoms with Gasteiger partial charge in [-0.1, -0.05) is 24.2 Å². The molecule has 1 saturated heterocycles. The summed E-state index contributed by atoms with van der Waals surface area (Å²) in [4.78, 5) is 31.3. The van der Waals surface area contributed by atoms with Crippen molar-refractivity contribution in [3.8, 4) is 11.4 Å². The van der Waals surface area contributed by atoms with E-state index < -0.39 is 0 Å². The van der Waals surface area contributed by atoms with Crippen LogP contribution >= 0.6 is 0 Å². The van der Waals surface area contributed by atoms with E-state index >= 15 is 0 Å². The summed E-state index contributed by atoms with van der Waals surface area (Å²) in [6.45, 7) is 8.38. The number of allylic oxidation sites excluding steroid dienone is 5. The first kappa shape index (κ1) is 22.3. The van der Waals surface area contributed by atoms with Gasteiger partial charge in [-0.05, 0) is 37.3 Å². The lowest BCUT2D eigenvalue weighted by molar-refractivity contribution is 0.122. The molecule has 0 radical (unpaired) electrons. The van der Waals surface area contributed by atoms with Gasteiger partial charge in [-0.3, -0.25) is 0 Å². The summed E-state index contributed by atoms with van der Waals surface area (Å²) in [6, 6.07) is 7.09. The number of H-pyrrole nitrogens is 1. The van der Waals surface area contributed by atoms with Crippen LogP contribution in [0.25, 0.3) is 22.6 Å². The van der Waals surface area contributed by atoms with E-state index in [1.54, 1.807) is 12.4 Å². The Kier molecular flexibility index (Phi) is 6.84. The highest BCUT2D eigenvalue weighted by Gasteiger charge is 2.19. The van der Waals surface area contributed by atoms with Crippen molar-refractivity contribution in [3.63, 3.8) is 0 Å². The van der Waals surface area contributed by atoms with E-state index in [0.29, 0.717) is 30.4 Å². The van der Waals surface area contributed by atoms with E-state index in [9.17, 15) is 4.79 Å². The number of nitrogens with one attached hydrogen (secondary N) is 3. The van der Waals surface area contributed by atoms with Crippen molar-refractivity contribution in [2.45, 2.75) is 6.92 Å². The first-order valence-corrected chi connectivity index (χ1v) is 10.7. The summed E-state index contributed by atoms with van der Waals surface area (Å²) >= 11 is 0. The lowest BCUT2D eigenvalue weighted by Crippen LogP contribution is -2.37. The number of imidazole rings is 1. The molecule has 0 saturated carbocycles. The van der Waals surface area contributed by atoms with Crippen molar-refractivity contribution in [1.82, 2.24) is 25.3 Å². The molecule has 168 valence electrons. The Labute approximate surface area is 193 Å². The van der Waals surface area contributed by atoms with E-state index in [1.807, 2.05) is 51.2 Å². The second-order valence-electron chi connectivity index (χ2n) is 7.69. The number of ether oxygens (including phenoxy) is 1. The zero-order chi connectivity index (χ0) is 23.2. The van der Waals surface area contributed by atoms with Gasteiger partial charge in [0.1, 0.15) is 13.4 Å². The lowest BCUT2D eigenvalue weighted by Gasteiger charge is -2.28. The third kappa shape index (κ3) is 5.47. The fourth-order valence-electron chi connectivity index (χ4n) is 3.36. The number of carbonyl (C=O) groups is 1. The van der Waals surface area contributed by atoms with Crippen LogP contribution in [0.3, 0.4) is 0 Å². The Bertz CT molecular complexity index is 1210. The number of hydrogen-bond donors (Lipinski definition) is 3. The summed E-state index contributed by atoms with van der Waals surface area (Å²) < 4.78 is 5.47. The minimum Gasteiger partial charge on any atom is -0.378 e. The minimum atomic E-state index is -0.315. The predicted octanol–water partition coefficient (Wildman–Crippen LogP) is 2.58. The maximum absolute atomic E-state index is 12.3. The van der Waals surface area contributed by atoms with Crippen molar-refractivity contribution in [2.75, 3.05) is 36.5 Å². The van der Waals surface area contributed by atoms with E-state index in [1.165, 1.54) is 0 Å². The third-order valence-electron chi connectivity index (χ3n) is 5.21. The predicted molar refractivity (Wildman–Crippen MR) is 133 cm³/mol. The van der Waals surface area contributed by atoms with Crippen LogP contribution in [-0.2, 0) is 4.74 Å². The Balaban J connectivity index is 1.49. The molecule has 1 fully saturated rings. The fraction of sp³-hybridized carbons (Fsp3) is 0.217. The monoisotopic (exact) mass is 443 g/mol. The van der Waals surface area contributed by atoms with Crippen LogP contribution in [0.5, 0.6) is 0 Å². The molecule has 2 aromatic heterocycles. The van der Waals surface area contributed by atoms with Gasteiger partial charge in [0.2, 0.25) is 0 Å². The van der Waals surface area contributed by atoms with Gasteiger partial charge in [0.15, 0.2) is 17.3 Å². The normalized spacial score (nSPS) is 14.9. The number of nitrogens with zero attached hydrogens (tertiary/aromatic N) is 4. The average Bonchev–Trinajstić information content (AvgIpc) is 3.31. The second kappa shape index (κ2) is 10.1. The molecule has 0 unspecified atom stereocenters. The van der Waals surface area contributed by atoms with Crippen LogP contribution in [0, 0.1) is 0 Å². The molecule has 0 bridgehead atoms. The van der Waals surface area contributed by atoms with Crippen LogP contribution in [0.15, 0.2) is 66.6 Å². The van der Waals surface area contributed by atoms with Crippen LogP contribution in [-0.4, -0.2) is 60.1 Å². The van der Waals surface area contributed by atoms with E-state index in [4.69, 9.17) is 9.72 Å². The second-order valence-corrected chi connectivity index (χ2v) is 7.69. The number of hydrogen-bond acceptors (Lipinski definition) is 6. The largest absolute Gasteiger partial charge is 0.378 e. The first-order chi connectivity index (χ1) is 16.0. The Morgan fingerprint density at radius 2 is 1.97 bits per heavy atom. The number of urea groups is 1. The molecule has 0 spiro atoms. The Morgan fingerprint density at radius 3 is 2.70 bits per heavy atom. The summed E-state index contributed by atoms with van der Waals surface area (Å²) in [6.07, 6.45) is 7.10. The topological polar surface area (TPSA) is 108 Å². The molecule has 1 aromatic carbocycles. The van der Waals surface area contributed by atoms with Gasteiger partial charge >= 0.3 is 6.03 Å². The molecule has 4 rings (SSSR count). The highest BCUT2D eigenvalue weighted by atomic mass is 16.5. The van der Waals surface area contributed by atoms with Crippen LogP contribution in [0.2, 0.25) is 0 Å². The molecule has 10 heteroatoms.